The van der Waals surface area contributed by atoms with Gasteiger partial charge in [-0.15, -0.1) is 5.10 Å². The Labute approximate surface area is 153 Å². The van der Waals surface area contributed by atoms with E-state index in [1.807, 2.05) is 6.92 Å². The van der Waals surface area contributed by atoms with E-state index in [2.05, 4.69) is 15.4 Å². The number of nitrogens with zero attached hydrogens (tertiary/aromatic N) is 3. The molecule has 1 aliphatic carbocycles. The van der Waals surface area contributed by atoms with Crippen LogP contribution in [0, 0.1) is 5.92 Å². The third-order valence-corrected chi connectivity index (χ3v) is 4.79. The van der Waals surface area contributed by atoms with Gasteiger partial charge in [-0.25, -0.2) is 4.68 Å². The van der Waals surface area contributed by atoms with Gasteiger partial charge < -0.3 is 10.1 Å². The van der Waals surface area contributed by atoms with Gasteiger partial charge in [0.2, 0.25) is 5.95 Å². The van der Waals surface area contributed by atoms with Crippen LogP contribution in [0.15, 0.2) is 35.5 Å². The number of ketones is 1. The minimum absolute atomic E-state index is 0.0178. The van der Waals surface area contributed by atoms with Gasteiger partial charge in [0.25, 0.3) is 5.82 Å². The van der Waals surface area contributed by atoms with E-state index in [0.717, 1.165) is 4.68 Å². The minimum Gasteiger partial charge on any atom is -0.497 e. The fraction of sp³-hybridized carbons (Fsp3) is 0.389. The maximum Gasteiger partial charge on any atom is 0.453 e. The van der Waals surface area contributed by atoms with Crippen molar-refractivity contribution in [2.45, 2.75) is 32.0 Å². The highest BCUT2D eigenvalue weighted by Gasteiger charge is 2.43. The summed E-state index contributed by atoms with van der Waals surface area (Å²) in [6.45, 7) is 1.93. The van der Waals surface area contributed by atoms with E-state index in [4.69, 9.17) is 4.74 Å². The highest BCUT2D eigenvalue weighted by Crippen LogP contribution is 2.42. The summed E-state index contributed by atoms with van der Waals surface area (Å²) in [4.78, 5) is 16.4. The van der Waals surface area contributed by atoms with Crippen molar-refractivity contribution in [3.8, 4) is 5.75 Å². The topological polar surface area (TPSA) is 69.0 Å². The maximum absolute atomic E-state index is 13.2. The van der Waals surface area contributed by atoms with Crippen LogP contribution in [0.5, 0.6) is 5.75 Å². The molecule has 27 heavy (non-hydrogen) atoms. The molecule has 9 heteroatoms. The van der Waals surface area contributed by atoms with E-state index in [0.29, 0.717) is 35.4 Å². The van der Waals surface area contributed by atoms with E-state index in [9.17, 15) is 18.0 Å². The molecule has 0 spiro atoms. The zero-order valence-electron chi connectivity index (χ0n) is 14.7. The molecule has 6 nitrogen and oxygen atoms in total. The second kappa shape index (κ2) is 6.11. The third-order valence-electron chi connectivity index (χ3n) is 4.79. The monoisotopic (exact) mass is 378 g/mol. The van der Waals surface area contributed by atoms with Gasteiger partial charge in [-0.3, -0.25) is 4.79 Å². The molecular formula is C18H17F3N4O2. The molecule has 0 radical (unpaired) electrons. The quantitative estimate of drug-likeness (QED) is 0.865. The molecule has 142 valence electrons. The zero-order chi connectivity index (χ0) is 19.3. The van der Waals surface area contributed by atoms with Crippen LogP contribution >= 0.6 is 0 Å². The molecule has 2 aliphatic rings. The lowest BCUT2D eigenvalue weighted by atomic mass is 9.81. The molecule has 0 bridgehead atoms. The fourth-order valence-corrected chi connectivity index (χ4v) is 3.65. The van der Waals surface area contributed by atoms with Crippen molar-refractivity contribution in [1.29, 1.82) is 0 Å². The first-order valence-corrected chi connectivity index (χ1v) is 8.49. The summed E-state index contributed by atoms with van der Waals surface area (Å²) in [5.41, 5.74) is 1.67. The number of aromatic nitrogens is 3. The Kier molecular flexibility index (Phi) is 3.97. The molecule has 0 saturated heterocycles. The number of anilines is 1. The first-order chi connectivity index (χ1) is 12.8. The summed E-state index contributed by atoms with van der Waals surface area (Å²) in [6.07, 6.45) is -3.77. The van der Waals surface area contributed by atoms with Crippen LogP contribution in [0.25, 0.3) is 0 Å². The van der Waals surface area contributed by atoms with Crippen molar-refractivity contribution >= 4 is 11.7 Å². The number of Topliss-reactive ketones (excluding diaryl/α,β-unsaturated/α-hetero) is 1. The lowest BCUT2D eigenvalue weighted by molar-refractivity contribution is -0.145. The number of nitrogens with one attached hydrogen (secondary N) is 1. The molecule has 4 rings (SSSR count). The molecule has 0 fully saturated rings. The third kappa shape index (κ3) is 2.96. The standard InChI is InChI=1S/C18H17F3N4O2/c1-9-6-12-14(13(26)7-9)15(10-4-3-5-11(8-10)27-2)25-17(22-12)23-16(24-25)18(19,20)21/h3-5,8-9,15H,6-7H2,1-2H3,(H,22,23,24)/t9-,15+/m1/s1. The zero-order valence-corrected chi connectivity index (χ0v) is 14.7. The number of halogens is 3. The van der Waals surface area contributed by atoms with Crippen LogP contribution in [0.2, 0.25) is 0 Å². The summed E-state index contributed by atoms with van der Waals surface area (Å²) >= 11 is 0. The molecule has 2 atom stereocenters. The highest BCUT2D eigenvalue weighted by molar-refractivity contribution is 5.99. The fourth-order valence-electron chi connectivity index (χ4n) is 3.65. The Balaban J connectivity index is 1.91. The molecule has 2 heterocycles. The number of allylic oxidation sites excluding steroid dienone is 2. The molecule has 1 N–H and O–H groups in total. The van der Waals surface area contributed by atoms with Gasteiger partial charge in [0.15, 0.2) is 5.78 Å². The summed E-state index contributed by atoms with van der Waals surface area (Å²) < 4.78 is 45.9. The Morgan fingerprint density at radius 3 is 2.78 bits per heavy atom. The van der Waals surface area contributed by atoms with Gasteiger partial charge in [-0.1, -0.05) is 19.1 Å². The van der Waals surface area contributed by atoms with Gasteiger partial charge >= 0.3 is 6.18 Å². The lowest BCUT2D eigenvalue weighted by Gasteiger charge is -2.34. The van der Waals surface area contributed by atoms with Crippen molar-refractivity contribution in [3.05, 3.63) is 46.9 Å². The summed E-state index contributed by atoms with van der Waals surface area (Å²) in [5.74, 6) is -0.707. The number of carbonyl (C=O) groups is 1. The van der Waals surface area contributed by atoms with Crippen LogP contribution in [-0.4, -0.2) is 27.7 Å². The number of hydrogen-bond donors (Lipinski definition) is 1. The number of fused-ring (bicyclic) bond motifs is 1. The van der Waals surface area contributed by atoms with Gasteiger partial charge in [-0.2, -0.15) is 18.2 Å². The predicted molar refractivity (Wildman–Crippen MR) is 90.2 cm³/mol. The van der Waals surface area contributed by atoms with Gasteiger partial charge in [0.05, 0.1) is 7.11 Å². The lowest BCUT2D eigenvalue weighted by Crippen LogP contribution is -2.33. The molecule has 1 aromatic heterocycles. The highest BCUT2D eigenvalue weighted by atomic mass is 19.4. The van der Waals surface area contributed by atoms with Crippen LogP contribution < -0.4 is 10.1 Å². The smallest absolute Gasteiger partial charge is 0.453 e. The molecule has 1 aromatic carbocycles. The Morgan fingerprint density at radius 2 is 2.07 bits per heavy atom. The minimum atomic E-state index is -4.68. The average Bonchev–Trinajstić information content (AvgIpc) is 3.03. The van der Waals surface area contributed by atoms with E-state index in [1.54, 1.807) is 24.3 Å². The molecule has 1 aliphatic heterocycles. The number of rotatable bonds is 2. The van der Waals surface area contributed by atoms with Crippen LogP contribution in [0.4, 0.5) is 19.1 Å². The van der Waals surface area contributed by atoms with Crippen LogP contribution in [0.3, 0.4) is 0 Å². The van der Waals surface area contributed by atoms with E-state index >= 15 is 0 Å². The first-order valence-electron chi connectivity index (χ1n) is 8.49. The SMILES string of the molecule is COc1cccc([C@H]2C3=C(C[C@@H](C)CC3=O)Nc3nc(C(F)(F)F)nn32)c1. The van der Waals surface area contributed by atoms with Gasteiger partial charge in [-0.05, 0) is 30.0 Å². The molecule has 0 saturated carbocycles. The van der Waals surface area contributed by atoms with Crippen molar-refractivity contribution in [3.63, 3.8) is 0 Å². The number of methoxy groups -OCH3 is 1. The van der Waals surface area contributed by atoms with Crippen LogP contribution in [-0.2, 0) is 11.0 Å². The van der Waals surface area contributed by atoms with E-state index < -0.39 is 18.0 Å². The van der Waals surface area contributed by atoms with E-state index in [-0.39, 0.29) is 17.6 Å². The Bertz CT molecular complexity index is 948. The second-order valence-electron chi connectivity index (χ2n) is 6.83. The summed E-state index contributed by atoms with van der Waals surface area (Å²) in [7, 11) is 1.50. The van der Waals surface area contributed by atoms with Gasteiger partial charge in [0, 0.05) is 17.7 Å². The maximum atomic E-state index is 13.2. The number of ether oxygens (including phenoxy) is 1. The summed E-state index contributed by atoms with van der Waals surface area (Å²) in [6, 6.07) is 6.12. The molecule has 2 aromatic rings. The largest absolute Gasteiger partial charge is 0.497 e. The Hall–Kier alpha value is -2.84. The molecule has 0 amide bonds. The number of carbonyl (C=O) groups excluding carboxylic acids is 1. The van der Waals surface area contributed by atoms with Crippen molar-refractivity contribution in [2.24, 2.45) is 5.92 Å². The first kappa shape index (κ1) is 17.6. The van der Waals surface area contributed by atoms with E-state index in [1.165, 1.54) is 7.11 Å². The number of alkyl halides is 3. The van der Waals surface area contributed by atoms with Gasteiger partial charge in [0.1, 0.15) is 11.8 Å². The Morgan fingerprint density at radius 1 is 1.30 bits per heavy atom. The molecular weight excluding hydrogens is 361 g/mol. The second-order valence-corrected chi connectivity index (χ2v) is 6.83. The number of hydrogen-bond acceptors (Lipinski definition) is 5. The van der Waals surface area contributed by atoms with Crippen LogP contribution in [0.1, 0.15) is 37.2 Å². The normalized spacial score (nSPS) is 22.2. The van der Waals surface area contributed by atoms with Crippen molar-refractivity contribution in [2.75, 3.05) is 12.4 Å². The van der Waals surface area contributed by atoms with Crippen molar-refractivity contribution in [1.82, 2.24) is 14.8 Å². The average molecular weight is 378 g/mol. The summed E-state index contributed by atoms with van der Waals surface area (Å²) in [5, 5.41) is 6.57. The van der Waals surface area contributed by atoms with Crippen molar-refractivity contribution < 1.29 is 22.7 Å². The number of benzene rings is 1. The molecule has 0 unspecified atom stereocenters. The predicted octanol–water partition coefficient (Wildman–Crippen LogP) is 3.57.